The first-order chi connectivity index (χ1) is 12.7. The maximum atomic E-state index is 12.9. The molecular weight excluding hydrogens is 370 g/mol. The van der Waals surface area contributed by atoms with Crippen LogP contribution >= 0.6 is 0 Å². The van der Waals surface area contributed by atoms with E-state index in [0.717, 1.165) is 25.7 Å². The number of nitrogens with zero attached hydrogens (tertiary/aromatic N) is 3. The van der Waals surface area contributed by atoms with Crippen LogP contribution in [0.1, 0.15) is 46.5 Å². The Kier molecular flexibility index (Phi) is 8.02. The minimum absolute atomic E-state index is 0.0548. The zero-order chi connectivity index (χ0) is 20.0. The first-order valence-corrected chi connectivity index (χ1v) is 11.2. The summed E-state index contributed by atoms with van der Waals surface area (Å²) in [4.78, 5) is 25.8. The van der Waals surface area contributed by atoms with Gasteiger partial charge in [0, 0.05) is 45.3 Å². The van der Waals surface area contributed by atoms with Crippen LogP contribution < -0.4 is 10.6 Å². The van der Waals surface area contributed by atoms with E-state index in [0.29, 0.717) is 39.3 Å². The number of amides is 3. The van der Waals surface area contributed by atoms with Crippen molar-refractivity contribution in [1.82, 2.24) is 24.1 Å². The first kappa shape index (κ1) is 22.1. The molecule has 2 N–H and O–H groups in total. The van der Waals surface area contributed by atoms with Crippen LogP contribution in [-0.4, -0.2) is 85.2 Å². The van der Waals surface area contributed by atoms with Gasteiger partial charge in [-0.15, -0.1) is 0 Å². The normalized spacial score (nSPS) is 22.2. The molecule has 2 aliphatic rings. The van der Waals surface area contributed by atoms with Crippen molar-refractivity contribution >= 4 is 22.1 Å². The predicted molar refractivity (Wildman–Crippen MR) is 103 cm³/mol. The Hall–Kier alpha value is -1.23. The predicted octanol–water partition coefficient (Wildman–Crippen LogP) is 0.348. The molecule has 9 nitrogen and oxygen atoms in total. The van der Waals surface area contributed by atoms with Gasteiger partial charge in [-0.05, 0) is 33.6 Å². The van der Waals surface area contributed by atoms with E-state index in [4.69, 9.17) is 0 Å². The van der Waals surface area contributed by atoms with E-state index in [-0.39, 0.29) is 11.9 Å². The van der Waals surface area contributed by atoms with Crippen LogP contribution in [0, 0.1) is 0 Å². The molecule has 0 aromatic carbocycles. The number of nitrogens with one attached hydrogen (secondary N) is 2. The highest BCUT2D eigenvalue weighted by Gasteiger charge is 2.34. The molecule has 27 heavy (non-hydrogen) atoms. The molecule has 2 aliphatic heterocycles. The molecule has 1 atom stereocenters. The summed E-state index contributed by atoms with van der Waals surface area (Å²) in [5.74, 6) is -0.378. The molecule has 0 radical (unpaired) electrons. The quantitative estimate of drug-likeness (QED) is 0.690. The number of rotatable bonds is 5. The van der Waals surface area contributed by atoms with Crippen LogP contribution in [-0.2, 0) is 15.0 Å². The fraction of sp³-hybridized carbons (Fsp3) is 0.882. The van der Waals surface area contributed by atoms with Crippen molar-refractivity contribution in [2.75, 3.05) is 39.3 Å². The lowest BCUT2D eigenvalue weighted by molar-refractivity contribution is -0.125. The number of hydrogen-bond donors (Lipinski definition) is 2. The van der Waals surface area contributed by atoms with Crippen LogP contribution in [0.4, 0.5) is 4.79 Å². The van der Waals surface area contributed by atoms with Crippen molar-refractivity contribution in [1.29, 1.82) is 0 Å². The topological polar surface area (TPSA) is 102 Å². The van der Waals surface area contributed by atoms with Gasteiger partial charge < -0.3 is 5.32 Å². The summed E-state index contributed by atoms with van der Waals surface area (Å²) in [7, 11) is -3.43. The van der Waals surface area contributed by atoms with E-state index in [9.17, 15) is 18.0 Å². The Morgan fingerprint density at radius 2 is 1.33 bits per heavy atom. The molecular formula is C17H33N5O4S. The van der Waals surface area contributed by atoms with Gasteiger partial charge in [-0.1, -0.05) is 12.8 Å². The second-order valence-electron chi connectivity index (χ2n) is 7.55. The molecule has 0 spiro atoms. The van der Waals surface area contributed by atoms with Gasteiger partial charge in [0.05, 0.1) is 6.04 Å². The molecule has 0 bridgehead atoms. The third kappa shape index (κ3) is 6.13. The standard InChI is InChI=1S/C17H33N5O4S/c1-14(2)18-17(24)19-16(23)15(3)20-10-12-22(13-11-20)27(25,26)21-8-6-4-5-7-9-21/h14-15H,4-13H2,1-3H3,(H2,18,19,23,24). The smallest absolute Gasteiger partial charge is 0.321 e. The Bertz CT molecular complexity index is 609. The van der Waals surface area contributed by atoms with Crippen LogP contribution in [0.25, 0.3) is 0 Å². The third-order valence-electron chi connectivity index (χ3n) is 5.07. The first-order valence-electron chi connectivity index (χ1n) is 9.82. The van der Waals surface area contributed by atoms with E-state index < -0.39 is 22.3 Å². The zero-order valence-corrected chi connectivity index (χ0v) is 17.4. The van der Waals surface area contributed by atoms with Crippen LogP contribution in [0.2, 0.25) is 0 Å². The second-order valence-corrected chi connectivity index (χ2v) is 9.48. The average molecular weight is 404 g/mol. The van der Waals surface area contributed by atoms with Crippen molar-refractivity contribution in [3.63, 3.8) is 0 Å². The molecule has 2 heterocycles. The van der Waals surface area contributed by atoms with Crippen molar-refractivity contribution in [3.05, 3.63) is 0 Å². The van der Waals surface area contributed by atoms with Gasteiger partial charge in [-0.2, -0.15) is 17.0 Å². The van der Waals surface area contributed by atoms with Crippen molar-refractivity contribution < 1.29 is 18.0 Å². The van der Waals surface area contributed by atoms with Gasteiger partial charge in [0.15, 0.2) is 0 Å². The Labute approximate surface area is 162 Å². The second kappa shape index (κ2) is 9.81. The number of imide groups is 1. The lowest BCUT2D eigenvalue weighted by Gasteiger charge is -2.38. The van der Waals surface area contributed by atoms with Gasteiger partial charge in [-0.25, -0.2) is 4.79 Å². The number of carbonyl (C=O) groups excluding carboxylic acids is 2. The lowest BCUT2D eigenvalue weighted by atomic mass is 10.2. The minimum atomic E-state index is -3.43. The third-order valence-corrected chi connectivity index (χ3v) is 7.11. The summed E-state index contributed by atoms with van der Waals surface area (Å²) in [6.07, 6.45) is 3.98. The highest BCUT2D eigenvalue weighted by atomic mass is 32.2. The van der Waals surface area contributed by atoms with Gasteiger partial charge in [0.25, 0.3) is 10.2 Å². The fourth-order valence-corrected chi connectivity index (χ4v) is 5.11. The van der Waals surface area contributed by atoms with Crippen LogP contribution in [0.5, 0.6) is 0 Å². The monoisotopic (exact) mass is 403 g/mol. The van der Waals surface area contributed by atoms with Crippen molar-refractivity contribution in [2.24, 2.45) is 0 Å². The molecule has 156 valence electrons. The van der Waals surface area contributed by atoms with Gasteiger partial charge in [-0.3, -0.25) is 15.0 Å². The summed E-state index contributed by atoms with van der Waals surface area (Å²) < 4.78 is 28.8. The number of piperazine rings is 1. The van der Waals surface area contributed by atoms with E-state index in [2.05, 4.69) is 10.6 Å². The summed E-state index contributed by atoms with van der Waals surface area (Å²) in [6, 6.07) is -1.06. The average Bonchev–Trinajstić information content (AvgIpc) is 2.90. The molecule has 2 saturated heterocycles. The van der Waals surface area contributed by atoms with Crippen molar-refractivity contribution in [3.8, 4) is 0 Å². The zero-order valence-electron chi connectivity index (χ0n) is 16.6. The van der Waals surface area contributed by atoms with Gasteiger partial charge in [0.1, 0.15) is 0 Å². The Morgan fingerprint density at radius 3 is 1.85 bits per heavy atom. The lowest BCUT2D eigenvalue weighted by Crippen LogP contribution is -2.58. The molecule has 10 heteroatoms. The fourth-order valence-electron chi connectivity index (χ4n) is 3.44. The molecule has 0 aliphatic carbocycles. The van der Waals surface area contributed by atoms with Gasteiger partial charge >= 0.3 is 6.03 Å². The van der Waals surface area contributed by atoms with E-state index in [1.807, 2.05) is 18.7 Å². The molecule has 3 amide bonds. The van der Waals surface area contributed by atoms with Crippen molar-refractivity contribution in [2.45, 2.75) is 58.5 Å². The summed E-state index contributed by atoms with van der Waals surface area (Å²) in [5.41, 5.74) is 0. The highest BCUT2D eigenvalue weighted by molar-refractivity contribution is 7.86. The summed E-state index contributed by atoms with van der Waals surface area (Å²) >= 11 is 0. The maximum Gasteiger partial charge on any atom is 0.321 e. The largest absolute Gasteiger partial charge is 0.336 e. The summed E-state index contributed by atoms with van der Waals surface area (Å²) in [5, 5.41) is 4.96. The number of urea groups is 1. The van der Waals surface area contributed by atoms with Crippen LogP contribution in [0.15, 0.2) is 0 Å². The van der Waals surface area contributed by atoms with Gasteiger partial charge in [0.2, 0.25) is 5.91 Å². The molecule has 0 aromatic rings. The highest BCUT2D eigenvalue weighted by Crippen LogP contribution is 2.18. The Morgan fingerprint density at radius 1 is 0.815 bits per heavy atom. The molecule has 2 rings (SSSR count). The molecule has 1 unspecified atom stereocenters. The molecule has 2 fully saturated rings. The van der Waals surface area contributed by atoms with E-state index in [1.54, 1.807) is 11.2 Å². The SMILES string of the molecule is CC(C)NC(=O)NC(=O)C(C)N1CCN(S(=O)(=O)N2CCCCCC2)CC1. The number of carbonyl (C=O) groups is 2. The summed E-state index contributed by atoms with van der Waals surface area (Å²) in [6.45, 7) is 8.19. The Balaban J connectivity index is 1.86. The molecule has 0 aromatic heterocycles. The van der Waals surface area contributed by atoms with E-state index in [1.165, 1.54) is 4.31 Å². The minimum Gasteiger partial charge on any atom is -0.336 e. The maximum absolute atomic E-state index is 12.9. The van der Waals surface area contributed by atoms with Crippen LogP contribution in [0.3, 0.4) is 0 Å². The number of hydrogen-bond acceptors (Lipinski definition) is 5. The molecule has 0 saturated carbocycles. The van der Waals surface area contributed by atoms with E-state index >= 15 is 0 Å².